The first-order valence-electron chi connectivity index (χ1n) is 12.4. The van der Waals surface area contributed by atoms with E-state index in [1.54, 1.807) is 19.2 Å². The maximum Gasteiger partial charge on any atom is 0.251 e. The highest BCUT2D eigenvalue weighted by molar-refractivity contribution is 6.00. The van der Waals surface area contributed by atoms with Crippen molar-refractivity contribution in [1.82, 2.24) is 15.1 Å². The summed E-state index contributed by atoms with van der Waals surface area (Å²) in [7, 11) is 1.60. The number of amides is 1. The smallest absolute Gasteiger partial charge is 0.251 e. The number of benzene rings is 2. The molecule has 0 bridgehead atoms. The van der Waals surface area contributed by atoms with Crippen LogP contribution in [0.2, 0.25) is 0 Å². The fourth-order valence-electron chi connectivity index (χ4n) is 4.51. The Hall–Kier alpha value is -3.06. The molecule has 6 nitrogen and oxygen atoms in total. The molecule has 0 fully saturated rings. The average Bonchev–Trinajstić information content (AvgIpc) is 3.23. The van der Waals surface area contributed by atoms with Gasteiger partial charge in [-0.3, -0.25) is 14.3 Å². The Morgan fingerprint density at radius 1 is 1.14 bits per heavy atom. The molecule has 1 atom stereocenters. The van der Waals surface area contributed by atoms with Gasteiger partial charge in [-0.25, -0.2) is 4.39 Å². The summed E-state index contributed by atoms with van der Waals surface area (Å²) in [6.45, 7) is 7.58. The molecule has 0 saturated heterocycles. The number of ketones is 1. The molecule has 0 aliphatic heterocycles. The normalized spacial score (nSPS) is 12.1. The first-order chi connectivity index (χ1) is 16.8. The summed E-state index contributed by atoms with van der Waals surface area (Å²) < 4.78 is 21.1. The van der Waals surface area contributed by atoms with Crippen molar-refractivity contribution in [2.45, 2.75) is 59.4 Å². The summed E-state index contributed by atoms with van der Waals surface area (Å²) in [4.78, 5) is 25.0. The van der Waals surface area contributed by atoms with Crippen molar-refractivity contribution in [2.75, 3.05) is 20.3 Å². The zero-order valence-electron chi connectivity index (χ0n) is 21.2. The van der Waals surface area contributed by atoms with E-state index in [4.69, 9.17) is 9.84 Å². The number of rotatable bonds is 13. The number of ether oxygens (including phenoxy) is 1. The number of hydrogen-bond acceptors (Lipinski definition) is 4. The molecule has 3 rings (SSSR count). The highest BCUT2D eigenvalue weighted by Crippen LogP contribution is 2.24. The molecule has 1 unspecified atom stereocenters. The van der Waals surface area contributed by atoms with E-state index in [0.717, 1.165) is 47.8 Å². The number of halogens is 1. The standard InChI is InChI=1S/C28H36FN3O3/c1-5-7-21(8-6-9-27(33)23-11-10-19(2)16-25(23)29)17-32-18-24-20(3)22(12-13-26(24)31-32)28(34)30-14-15-35-4/h10-13,16,18,21H,5-9,14-15,17H2,1-4H3,(H,30,34). The number of Topliss-reactive ketones (excluding diaryl/α,β-unsaturated/α-hetero) is 1. The Kier molecular flexibility index (Phi) is 9.55. The average molecular weight is 482 g/mol. The number of aryl methyl sites for hydroxylation is 2. The monoisotopic (exact) mass is 481 g/mol. The van der Waals surface area contributed by atoms with Gasteiger partial charge in [-0.05, 0) is 74.4 Å². The molecular weight excluding hydrogens is 445 g/mol. The van der Waals surface area contributed by atoms with Gasteiger partial charge in [0.05, 0.1) is 17.7 Å². The Labute approximate surface area is 206 Å². The molecule has 2 aromatic carbocycles. The van der Waals surface area contributed by atoms with E-state index in [1.165, 1.54) is 6.07 Å². The summed E-state index contributed by atoms with van der Waals surface area (Å²) >= 11 is 0. The summed E-state index contributed by atoms with van der Waals surface area (Å²) in [6, 6.07) is 8.46. The molecule has 1 heterocycles. The van der Waals surface area contributed by atoms with E-state index in [2.05, 4.69) is 12.2 Å². The van der Waals surface area contributed by atoms with Gasteiger partial charge < -0.3 is 10.1 Å². The second-order valence-electron chi connectivity index (χ2n) is 9.22. The second kappa shape index (κ2) is 12.6. The lowest BCUT2D eigenvalue weighted by molar-refractivity contribution is 0.0935. The van der Waals surface area contributed by atoms with Crippen LogP contribution >= 0.6 is 0 Å². The number of hydrogen-bond donors (Lipinski definition) is 1. The number of nitrogens with one attached hydrogen (secondary N) is 1. The van der Waals surface area contributed by atoms with Crippen molar-refractivity contribution in [1.29, 1.82) is 0 Å². The summed E-state index contributed by atoms with van der Waals surface area (Å²) in [5.41, 5.74) is 3.39. The van der Waals surface area contributed by atoms with Gasteiger partial charge in [0, 0.05) is 43.8 Å². The minimum absolute atomic E-state index is 0.118. The first kappa shape index (κ1) is 26.5. The van der Waals surface area contributed by atoms with Gasteiger partial charge in [-0.15, -0.1) is 0 Å². The van der Waals surface area contributed by atoms with Gasteiger partial charge in [0.1, 0.15) is 5.82 Å². The highest BCUT2D eigenvalue weighted by atomic mass is 19.1. The number of fused-ring (bicyclic) bond motifs is 1. The molecule has 0 saturated carbocycles. The SMILES string of the molecule is CCCC(CCCC(=O)c1ccc(C)cc1F)Cn1cc2c(C)c(C(=O)NCCOC)ccc2n1. The van der Waals surface area contributed by atoms with E-state index in [9.17, 15) is 14.0 Å². The van der Waals surface area contributed by atoms with Crippen molar-refractivity contribution in [3.63, 3.8) is 0 Å². The van der Waals surface area contributed by atoms with Crippen LogP contribution in [0.15, 0.2) is 36.5 Å². The first-order valence-corrected chi connectivity index (χ1v) is 12.4. The van der Waals surface area contributed by atoms with Crippen LogP contribution in [-0.4, -0.2) is 41.7 Å². The van der Waals surface area contributed by atoms with Crippen LogP contribution in [0.25, 0.3) is 10.9 Å². The Morgan fingerprint density at radius 2 is 1.91 bits per heavy atom. The third-order valence-corrected chi connectivity index (χ3v) is 6.43. The predicted octanol–water partition coefficient (Wildman–Crippen LogP) is 5.64. The topological polar surface area (TPSA) is 73.2 Å². The number of methoxy groups -OCH3 is 1. The predicted molar refractivity (Wildman–Crippen MR) is 136 cm³/mol. The molecule has 0 aliphatic carbocycles. The molecule has 1 aromatic heterocycles. The Bertz CT molecular complexity index is 1170. The molecule has 188 valence electrons. The molecule has 0 spiro atoms. The second-order valence-corrected chi connectivity index (χ2v) is 9.22. The van der Waals surface area contributed by atoms with Crippen molar-refractivity contribution in [3.8, 4) is 0 Å². The number of carbonyl (C=O) groups excluding carboxylic acids is 2. The Morgan fingerprint density at radius 3 is 2.63 bits per heavy atom. The van der Waals surface area contributed by atoms with Crippen LogP contribution in [0.3, 0.4) is 0 Å². The number of carbonyl (C=O) groups is 2. The molecule has 3 aromatic rings. The van der Waals surface area contributed by atoms with E-state index in [0.29, 0.717) is 37.5 Å². The lowest BCUT2D eigenvalue weighted by atomic mass is 9.95. The fraction of sp³-hybridized carbons (Fsp3) is 0.464. The lowest BCUT2D eigenvalue weighted by Gasteiger charge is -2.16. The van der Waals surface area contributed by atoms with Crippen molar-refractivity contribution in [3.05, 3.63) is 64.6 Å². The van der Waals surface area contributed by atoms with E-state index in [-0.39, 0.29) is 17.3 Å². The minimum atomic E-state index is -0.439. The van der Waals surface area contributed by atoms with Gasteiger partial charge in [0.2, 0.25) is 0 Å². The zero-order chi connectivity index (χ0) is 25.4. The van der Waals surface area contributed by atoms with Crippen LogP contribution in [0, 0.1) is 25.6 Å². The van der Waals surface area contributed by atoms with Crippen LogP contribution in [0.4, 0.5) is 4.39 Å². The van der Waals surface area contributed by atoms with Gasteiger partial charge >= 0.3 is 0 Å². The molecule has 0 aliphatic rings. The lowest BCUT2D eigenvalue weighted by Crippen LogP contribution is -2.27. The van der Waals surface area contributed by atoms with Gasteiger partial charge in [-0.2, -0.15) is 5.10 Å². The number of aromatic nitrogens is 2. The fourth-order valence-corrected chi connectivity index (χ4v) is 4.51. The molecule has 35 heavy (non-hydrogen) atoms. The quantitative estimate of drug-likeness (QED) is 0.253. The molecule has 0 radical (unpaired) electrons. The van der Waals surface area contributed by atoms with Gasteiger partial charge in [-0.1, -0.05) is 19.4 Å². The van der Waals surface area contributed by atoms with E-state index < -0.39 is 5.82 Å². The van der Waals surface area contributed by atoms with Crippen molar-refractivity contribution < 1.29 is 18.7 Å². The summed E-state index contributed by atoms with van der Waals surface area (Å²) in [6.07, 6.45) is 5.98. The molecule has 1 N–H and O–H groups in total. The van der Waals surface area contributed by atoms with Gasteiger partial charge in [0.25, 0.3) is 5.91 Å². The van der Waals surface area contributed by atoms with Crippen LogP contribution in [-0.2, 0) is 11.3 Å². The largest absolute Gasteiger partial charge is 0.383 e. The van der Waals surface area contributed by atoms with Crippen LogP contribution < -0.4 is 5.32 Å². The molecule has 1 amide bonds. The third kappa shape index (κ3) is 6.98. The van der Waals surface area contributed by atoms with Crippen LogP contribution in [0.5, 0.6) is 0 Å². The van der Waals surface area contributed by atoms with Gasteiger partial charge in [0.15, 0.2) is 5.78 Å². The number of nitrogens with zero attached hydrogens (tertiary/aromatic N) is 2. The van der Waals surface area contributed by atoms with E-state index in [1.807, 2.05) is 36.9 Å². The minimum Gasteiger partial charge on any atom is -0.383 e. The van der Waals surface area contributed by atoms with Crippen LogP contribution in [0.1, 0.15) is 70.9 Å². The third-order valence-electron chi connectivity index (χ3n) is 6.43. The molecule has 7 heteroatoms. The summed E-state index contributed by atoms with van der Waals surface area (Å²) in [5, 5.41) is 8.56. The zero-order valence-corrected chi connectivity index (χ0v) is 21.2. The summed E-state index contributed by atoms with van der Waals surface area (Å²) in [5.74, 6) is -0.338. The maximum absolute atomic E-state index is 14.1. The molecular formula is C28H36FN3O3. The van der Waals surface area contributed by atoms with Crippen molar-refractivity contribution in [2.24, 2.45) is 5.92 Å². The van der Waals surface area contributed by atoms with E-state index >= 15 is 0 Å². The highest BCUT2D eigenvalue weighted by Gasteiger charge is 2.17. The Balaban J connectivity index is 1.64. The maximum atomic E-state index is 14.1. The van der Waals surface area contributed by atoms with Crippen molar-refractivity contribution >= 4 is 22.6 Å².